The van der Waals surface area contributed by atoms with E-state index in [1.165, 1.54) is 0 Å². The smallest absolute Gasteiger partial charge is 0.411 e. The first-order valence-electron chi connectivity index (χ1n) is 11.0. The zero-order valence-corrected chi connectivity index (χ0v) is 18.4. The highest BCUT2D eigenvalue weighted by Crippen LogP contribution is 2.38. The van der Waals surface area contributed by atoms with Crippen LogP contribution < -0.4 is 10.2 Å². The van der Waals surface area contributed by atoms with Gasteiger partial charge in [-0.3, -0.25) is 15.0 Å². The number of ether oxygens (including phenoxy) is 2. The predicted octanol–water partition coefficient (Wildman–Crippen LogP) is 5.37. The average Bonchev–Trinajstić information content (AvgIpc) is 3.57. The van der Waals surface area contributed by atoms with E-state index in [4.69, 9.17) is 9.47 Å². The normalized spacial score (nSPS) is 15.5. The Bertz CT molecular complexity index is 981. The molecular weight excluding hydrogens is 392 g/mol. The molecule has 2 aromatic rings. The van der Waals surface area contributed by atoms with Crippen LogP contribution in [0.5, 0.6) is 0 Å². The van der Waals surface area contributed by atoms with Gasteiger partial charge in [0.25, 0.3) is 5.91 Å². The Morgan fingerprint density at radius 3 is 2.48 bits per heavy atom. The molecule has 2 amide bonds. The Morgan fingerprint density at radius 2 is 1.77 bits per heavy atom. The average molecular weight is 423 g/mol. The van der Waals surface area contributed by atoms with Crippen LogP contribution >= 0.6 is 0 Å². The molecule has 2 aliphatic rings. The third-order valence-electron chi connectivity index (χ3n) is 5.95. The fraction of sp³-hybridized carbons (Fsp3) is 0.440. The molecule has 0 spiro atoms. The number of benzene rings is 2. The molecule has 0 aromatic heterocycles. The lowest BCUT2D eigenvalue weighted by molar-refractivity contribution is -0.128. The molecule has 4 rings (SSSR count). The maximum Gasteiger partial charge on any atom is 0.411 e. The first-order chi connectivity index (χ1) is 14.9. The summed E-state index contributed by atoms with van der Waals surface area (Å²) in [6, 6.07) is 13.7. The number of nitrogens with one attached hydrogen (secondary N) is 1. The van der Waals surface area contributed by atoms with E-state index in [0.29, 0.717) is 5.69 Å². The van der Waals surface area contributed by atoms with Crippen molar-refractivity contribution in [2.75, 3.05) is 16.8 Å². The summed E-state index contributed by atoms with van der Waals surface area (Å²) in [7, 11) is 0. The minimum Gasteiger partial charge on any atom is -0.446 e. The topological polar surface area (TPSA) is 67.9 Å². The van der Waals surface area contributed by atoms with Crippen molar-refractivity contribution in [3.05, 3.63) is 53.6 Å². The summed E-state index contributed by atoms with van der Waals surface area (Å²) in [5, 5.41) is 2.80. The van der Waals surface area contributed by atoms with Gasteiger partial charge >= 0.3 is 6.09 Å². The van der Waals surface area contributed by atoms with Crippen LogP contribution in [0.15, 0.2) is 42.5 Å². The fourth-order valence-corrected chi connectivity index (χ4v) is 3.58. The van der Waals surface area contributed by atoms with E-state index in [1.807, 2.05) is 57.2 Å². The van der Waals surface area contributed by atoms with Gasteiger partial charge in [0.15, 0.2) is 0 Å². The van der Waals surface area contributed by atoms with E-state index in [-0.39, 0.29) is 24.2 Å². The quantitative estimate of drug-likeness (QED) is 0.680. The van der Waals surface area contributed by atoms with Crippen molar-refractivity contribution in [1.82, 2.24) is 0 Å². The minimum absolute atomic E-state index is 0.0179. The summed E-state index contributed by atoms with van der Waals surface area (Å²) in [5.41, 5.74) is 4.04. The highest BCUT2D eigenvalue weighted by molar-refractivity contribution is 6.03. The molecule has 1 heterocycles. The van der Waals surface area contributed by atoms with Crippen molar-refractivity contribution < 1.29 is 19.1 Å². The molecule has 1 aliphatic heterocycles. The van der Waals surface area contributed by atoms with Gasteiger partial charge in [0.05, 0.1) is 17.0 Å². The molecule has 0 saturated heterocycles. The van der Waals surface area contributed by atoms with E-state index < -0.39 is 6.09 Å². The molecule has 31 heavy (non-hydrogen) atoms. The monoisotopic (exact) mass is 422 g/mol. The summed E-state index contributed by atoms with van der Waals surface area (Å²) in [6.45, 7) is 5.99. The van der Waals surface area contributed by atoms with Gasteiger partial charge in [-0.2, -0.15) is 0 Å². The molecule has 164 valence electrons. The lowest BCUT2D eigenvalue weighted by Gasteiger charge is -2.28. The number of fused-ring (bicyclic) bond motifs is 2. The number of aryl methyl sites for hydroxylation is 2. The van der Waals surface area contributed by atoms with Crippen LogP contribution in [0.1, 0.15) is 51.2 Å². The summed E-state index contributed by atoms with van der Waals surface area (Å²) >= 11 is 0. The van der Waals surface area contributed by atoms with Crippen LogP contribution in [0.25, 0.3) is 0 Å². The second-order valence-electron chi connectivity index (χ2n) is 8.83. The molecule has 6 nitrogen and oxygen atoms in total. The number of hydrogen-bond donors (Lipinski definition) is 1. The van der Waals surface area contributed by atoms with Gasteiger partial charge in [0.2, 0.25) is 0 Å². The van der Waals surface area contributed by atoms with Gasteiger partial charge in [-0.05, 0) is 75.3 Å². The summed E-state index contributed by atoms with van der Waals surface area (Å²) in [5.74, 6) is -0.130. The van der Waals surface area contributed by atoms with E-state index in [2.05, 4.69) is 11.4 Å². The van der Waals surface area contributed by atoms with Gasteiger partial charge in [0, 0.05) is 5.69 Å². The Labute approximate surface area is 183 Å². The molecular formula is C25H30N2O4. The number of carbonyl (C=O) groups is 2. The highest BCUT2D eigenvalue weighted by Gasteiger charge is 2.29. The van der Waals surface area contributed by atoms with Crippen molar-refractivity contribution in [3.63, 3.8) is 0 Å². The zero-order valence-electron chi connectivity index (χ0n) is 18.4. The van der Waals surface area contributed by atoms with Crippen molar-refractivity contribution in [3.8, 4) is 0 Å². The summed E-state index contributed by atoms with van der Waals surface area (Å²) in [6.07, 6.45) is 3.88. The molecule has 1 aliphatic carbocycles. The largest absolute Gasteiger partial charge is 0.446 e. The SMILES string of the molecule is CCC(C)(C)OCC(=O)N1c2ccccc2CCc2ccc(NC(=O)OC3CC3)cc21. The van der Waals surface area contributed by atoms with Gasteiger partial charge in [-0.15, -0.1) is 0 Å². The van der Waals surface area contributed by atoms with Crippen molar-refractivity contribution >= 4 is 29.1 Å². The van der Waals surface area contributed by atoms with E-state index in [1.54, 1.807) is 4.90 Å². The number of nitrogens with zero attached hydrogens (tertiary/aromatic N) is 1. The molecule has 1 fully saturated rings. The fourth-order valence-electron chi connectivity index (χ4n) is 3.58. The number of carbonyl (C=O) groups excluding carboxylic acids is 2. The number of anilines is 3. The minimum atomic E-state index is -0.456. The van der Waals surface area contributed by atoms with Gasteiger partial charge in [-0.25, -0.2) is 4.79 Å². The second kappa shape index (κ2) is 8.71. The first kappa shape index (κ1) is 21.4. The number of hydrogen-bond acceptors (Lipinski definition) is 4. The number of amides is 2. The standard InChI is InChI=1S/C25H30N2O4/c1-4-25(2,3)30-16-23(28)27-21-8-6-5-7-17(21)9-10-18-11-12-19(15-22(18)27)26-24(29)31-20-13-14-20/h5-8,11-12,15,20H,4,9-10,13-14,16H2,1-3H3,(H,26,29). The van der Waals surface area contributed by atoms with Crippen molar-refractivity contribution in [1.29, 1.82) is 0 Å². The van der Waals surface area contributed by atoms with Gasteiger partial charge in [0.1, 0.15) is 12.7 Å². The zero-order chi connectivity index (χ0) is 22.0. The summed E-state index contributed by atoms with van der Waals surface area (Å²) < 4.78 is 11.2. The Hall–Kier alpha value is -2.86. The van der Waals surface area contributed by atoms with Gasteiger partial charge < -0.3 is 9.47 Å². The number of rotatable bonds is 6. The molecule has 0 bridgehead atoms. The molecule has 6 heteroatoms. The third-order valence-corrected chi connectivity index (χ3v) is 5.95. The Morgan fingerprint density at radius 1 is 1.06 bits per heavy atom. The van der Waals surface area contributed by atoms with Crippen LogP contribution in [-0.2, 0) is 27.1 Å². The molecule has 2 aromatic carbocycles. The molecule has 0 atom stereocenters. The van der Waals surface area contributed by atoms with E-state index in [0.717, 1.165) is 54.6 Å². The van der Waals surface area contributed by atoms with Crippen LogP contribution in [0.2, 0.25) is 0 Å². The third kappa shape index (κ3) is 5.07. The molecule has 0 unspecified atom stereocenters. The van der Waals surface area contributed by atoms with Crippen LogP contribution in [0, 0.1) is 0 Å². The van der Waals surface area contributed by atoms with E-state index in [9.17, 15) is 9.59 Å². The highest BCUT2D eigenvalue weighted by atomic mass is 16.6. The summed E-state index contributed by atoms with van der Waals surface area (Å²) in [4.78, 5) is 27.3. The van der Waals surface area contributed by atoms with Gasteiger partial charge in [-0.1, -0.05) is 31.2 Å². The molecule has 0 radical (unpaired) electrons. The molecule has 1 saturated carbocycles. The maximum atomic E-state index is 13.4. The lowest BCUT2D eigenvalue weighted by Crippen LogP contribution is -2.35. The second-order valence-corrected chi connectivity index (χ2v) is 8.83. The van der Waals surface area contributed by atoms with Crippen LogP contribution in [-0.4, -0.2) is 30.3 Å². The van der Waals surface area contributed by atoms with E-state index >= 15 is 0 Å². The Kier molecular flexibility index (Phi) is 6.01. The van der Waals surface area contributed by atoms with Crippen molar-refractivity contribution in [2.45, 2.75) is 64.6 Å². The molecule has 1 N–H and O–H groups in total. The van der Waals surface area contributed by atoms with Crippen molar-refractivity contribution in [2.24, 2.45) is 0 Å². The van der Waals surface area contributed by atoms with Crippen LogP contribution in [0.3, 0.4) is 0 Å². The number of para-hydroxylation sites is 1. The Balaban J connectivity index is 1.66. The predicted molar refractivity (Wildman–Crippen MR) is 121 cm³/mol. The first-order valence-corrected chi connectivity index (χ1v) is 11.0. The maximum absolute atomic E-state index is 13.4. The van der Waals surface area contributed by atoms with Crippen LogP contribution in [0.4, 0.5) is 21.9 Å². The lowest BCUT2D eigenvalue weighted by atomic mass is 10.0.